The Kier molecular flexibility index (Phi) is 6.58. The highest BCUT2D eigenvalue weighted by Gasteiger charge is 2.23. The number of nitrogens with one attached hydrogen (secondary N) is 1. The van der Waals surface area contributed by atoms with Crippen molar-refractivity contribution >= 4 is 28.2 Å². The molecule has 0 atom stereocenters. The number of carbonyl (C=O) groups excluding carboxylic acids is 2. The molecular formula is C19H23NO4S. The summed E-state index contributed by atoms with van der Waals surface area (Å²) >= 11 is 1.40. The summed E-state index contributed by atoms with van der Waals surface area (Å²) in [6.45, 7) is 5.99. The number of anilines is 1. The van der Waals surface area contributed by atoms with Crippen molar-refractivity contribution in [2.75, 3.05) is 19.0 Å². The number of carbonyl (C=O) groups is 2. The van der Waals surface area contributed by atoms with Crippen LogP contribution in [-0.2, 0) is 22.4 Å². The summed E-state index contributed by atoms with van der Waals surface area (Å²) in [6, 6.07) is 7.38. The number of esters is 1. The molecule has 2 aromatic rings. The largest absolute Gasteiger partial charge is 0.496 e. The molecule has 0 unspecified atom stereocenters. The average molecular weight is 361 g/mol. The van der Waals surface area contributed by atoms with Crippen molar-refractivity contribution in [3.63, 3.8) is 0 Å². The van der Waals surface area contributed by atoms with Crippen molar-refractivity contribution in [2.24, 2.45) is 0 Å². The number of para-hydroxylation sites is 1. The SMILES string of the molecule is CCOC(=O)c1c(NC(=O)Cc2ccccc2OC)sc(C)c1CC. The smallest absolute Gasteiger partial charge is 0.341 e. The Balaban J connectivity index is 2.24. The van der Waals surface area contributed by atoms with Gasteiger partial charge in [0, 0.05) is 10.4 Å². The highest BCUT2D eigenvalue weighted by Crippen LogP contribution is 2.34. The highest BCUT2D eigenvalue weighted by atomic mass is 32.1. The third-order valence-corrected chi connectivity index (χ3v) is 4.90. The lowest BCUT2D eigenvalue weighted by atomic mass is 10.1. The topological polar surface area (TPSA) is 64.6 Å². The van der Waals surface area contributed by atoms with Gasteiger partial charge in [0.1, 0.15) is 10.8 Å². The summed E-state index contributed by atoms with van der Waals surface area (Å²) in [5.41, 5.74) is 2.19. The van der Waals surface area contributed by atoms with Gasteiger partial charge in [-0.15, -0.1) is 11.3 Å². The first-order valence-corrected chi connectivity index (χ1v) is 9.04. The van der Waals surface area contributed by atoms with E-state index in [1.807, 2.05) is 38.1 Å². The molecule has 134 valence electrons. The van der Waals surface area contributed by atoms with Crippen molar-refractivity contribution in [1.82, 2.24) is 0 Å². The fourth-order valence-electron chi connectivity index (χ4n) is 2.70. The minimum absolute atomic E-state index is 0.171. The van der Waals surface area contributed by atoms with Crippen LogP contribution in [0.25, 0.3) is 0 Å². The number of thiophene rings is 1. The Morgan fingerprint density at radius 1 is 1.20 bits per heavy atom. The Bertz CT molecular complexity index is 767. The van der Waals surface area contributed by atoms with Gasteiger partial charge in [-0.05, 0) is 31.9 Å². The third-order valence-electron chi connectivity index (χ3n) is 3.84. The fourth-order valence-corrected chi connectivity index (χ4v) is 3.85. The number of methoxy groups -OCH3 is 1. The maximum Gasteiger partial charge on any atom is 0.341 e. The quantitative estimate of drug-likeness (QED) is 0.758. The maximum atomic E-state index is 12.5. The van der Waals surface area contributed by atoms with E-state index in [2.05, 4.69) is 5.32 Å². The van der Waals surface area contributed by atoms with Gasteiger partial charge in [-0.3, -0.25) is 4.79 Å². The Morgan fingerprint density at radius 3 is 2.56 bits per heavy atom. The van der Waals surface area contributed by atoms with Gasteiger partial charge in [0.15, 0.2) is 0 Å². The van der Waals surface area contributed by atoms with E-state index in [4.69, 9.17) is 9.47 Å². The minimum atomic E-state index is -0.392. The van der Waals surface area contributed by atoms with E-state index < -0.39 is 5.97 Å². The Labute approximate surface area is 152 Å². The number of amides is 1. The molecule has 0 fully saturated rings. The lowest BCUT2D eigenvalue weighted by Crippen LogP contribution is -2.17. The molecule has 5 nitrogen and oxygen atoms in total. The normalized spacial score (nSPS) is 10.4. The molecule has 0 aliphatic rings. The van der Waals surface area contributed by atoms with E-state index in [1.165, 1.54) is 11.3 Å². The molecule has 0 aliphatic carbocycles. The van der Waals surface area contributed by atoms with Gasteiger partial charge >= 0.3 is 5.97 Å². The van der Waals surface area contributed by atoms with E-state index >= 15 is 0 Å². The van der Waals surface area contributed by atoms with Gasteiger partial charge in [-0.25, -0.2) is 4.79 Å². The molecule has 25 heavy (non-hydrogen) atoms. The lowest BCUT2D eigenvalue weighted by molar-refractivity contribution is -0.115. The van der Waals surface area contributed by atoms with Crippen LogP contribution in [-0.4, -0.2) is 25.6 Å². The molecule has 1 amide bonds. The monoisotopic (exact) mass is 361 g/mol. The predicted molar refractivity (Wildman–Crippen MR) is 99.7 cm³/mol. The highest BCUT2D eigenvalue weighted by molar-refractivity contribution is 7.16. The predicted octanol–water partition coefficient (Wildman–Crippen LogP) is 3.99. The summed E-state index contributed by atoms with van der Waals surface area (Å²) in [6.07, 6.45) is 0.879. The summed E-state index contributed by atoms with van der Waals surface area (Å²) in [7, 11) is 1.58. The zero-order chi connectivity index (χ0) is 18.4. The van der Waals surface area contributed by atoms with E-state index in [-0.39, 0.29) is 12.3 Å². The number of hydrogen-bond acceptors (Lipinski definition) is 5. The van der Waals surface area contributed by atoms with Crippen LogP contribution in [0, 0.1) is 6.92 Å². The first-order valence-electron chi connectivity index (χ1n) is 8.22. The molecule has 0 aliphatic heterocycles. The zero-order valence-electron chi connectivity index (χ0n) is 15.0. The molecule has 0 saturated heterocycles. The molecule has 0 radical (unpaired) electrons. The molecule has 1 aromatic heterocycles. The molecule has 0 saturated carbocycles. The van der Waals surface area contributed by atoms with E-state index in [0.29, 0.717) is 29.3 Å². The van der Waals surface area contributed by atoms with Crippen LogP contribution in [0.2, 0.25) is 0 Å². The summed E-state index contributed by atoms with van der Waals surface area (Å²) in [4.78, 5) is 25.8. The molecule has 1 N–H and O–H groups in total. The van der Waals surface area contributed by atoms with Gasteiger partial charge in [0.25, 0.3) is 0 Å². The van der Waals surface area contributed by atoms with Crippen LogP contribution >= 0.6 is 11.3 Å². The van der Waals surface area contributed by atoms with E-state index in [9.17, 15) is 9.59 Å². The number of aryl methyl sites for hydroxylation is 1. The lowest BCUT2D eigenvalue weighted by Gasteiger charge is -2.10. The van der Waals surface area contributed by atoms with Crippen LogP contribution in [0.4, 0.5) is 5.00 Å². The number of ether oxygens (including phenoxy) is 2. The molecule has 0 bridgehead atoms. The van der Waals surface area contributed by atoms with Crippen LogP contribution in [0.15, 0.2) is 24.3 Å². The van der Waals surface area contributed by atoms with Gasteiger partial charge in [0.2, 0.25) is 5.91 Å². The Hall–Kier alpha value is -2.34. The van der Waals surface area contributed by atoms with Crippen molar-refractivity contribution < 1.29 is 19.1 Å². The number of benzene rings is 1. The van der Waals surface area contributed by atoms with Crippen molar-refractivity contribution in [3.05, 3.63) is 45.8 Å². The third kappa shape index (κ3) is 4.39. The summed E-state index contributed by atoms with van der Waals surface area (Å²) < 4.78 is 10.4. The van der Waals surface area contributed by atoms with Gasteiger partial charge in [-0.2, -0.15) is 0 Å². The van der Waals surface area contributed by atoms with Crippen LogP contribution < -0.4 is 10.1 Å². The Morgan fingerprint density at radius 2 is 1.92 bits per heavy atom. The molecular weight excluding hydrogens is 338 g/mol. The summed E-state index contributed by atoms with van der Waals surface area (Å²) in [5.74, 6) is 0.0788. The van der Waals surface area contributed by atoms with Gasteiger partial charge in [-0.1, -0.05) is 25.1 Å². The average Bonchev–Trinajstić information content (AvgIpc) is 2.90. The van der Waals surface area contributed by atoms with Crippen molar-refractivity contribution in [1.29, 1.82) is 0 Å². The molecule has 1 heterocycles. The number of hydrogen-bond donors (Lipinski definition) is 1. The zero-order valence-corrected chi connectivity index (χ0v) is 15.8. The van der Waals surface area contributed by atoms with Gasteiger partial charge in [0.05, 0.1) is 25.7 Å². The minimum Gasteiger partial charge on any atom is -0.496 e. The molecule has 6 heteroatoms. The summed E-state index contributed by atoms with van der Waals surface area (Å²) in [5, 5.41) is 3.42. The van der Waals surface area contributed by atoms with E-state index in [1.54, 1.807) is 14.0 Å². The molecule has 1 aromatic carbocycles. The van der Waals surface area contributed by atoms with E-state index in [0.717, 1.165) is 16.0 Å². The van der Waals surface area contributed by atoms with Crippen LogP contribution in [0.5, 0.6) is 5.75 Å². The standard InChI is InChI=1S/C19H23NO4S/c1-5-14-12(3)25-18(17(14)19(22)24-6-2)20-16(21)11-13-9-7-8-10-15(13)23-4/h7-10H,5-6,11H2,1-4H3,(H,20,21). The first kappa shape index (κ1) is 19.0. The second kappa shape index (κ2) is 8.67. The maximum absolute atomic E-state index is 12.5. The van der Waals surface area contributed by atoms with Crippen molar-refractivity contribution in [2.45, 2.75) is 33.6 Å². The van der Waals surface area contributed by atoms with Gasteiger partial charge < -0.3 is 14.8 Å². The fraction of sp³-hybridized carbons (Fsp3) is 0.368. The van der Waals surface area contributed by atoms with Crippen LogP contribution in [0.1, 0.15) is 40.2 Å². The molecule has 2 rings (SSSR count). The van der Waals surface area contributed by atoms with Crippen molar-refractivity contribution in [3.8, 4) is 5.75 Å². The second-order valence-electron chi connectivity index (χ2n) is 5.45. The number of rotatable bonds is 7. The van der Waals surface area contributed by atoms with Crippen LogP contribution in [0.3, 0.4) is 0 Å². The second-order valence-corrected chi connectivity index (χ2v) is 6.68. The first-order chi connectivity index (χ1) is 12.0. The molecule has 0 spiro atoms.